The first-order valence-corrected chi connectivity index (χ1v) is 7.42. The van der Waals surface area contributed by atoms with Gasteiger partial charge in [0.2, 0.25) is 0 Å². The number of benzene rings is 1. The van der Waals surface area contributed by atoms with Gasteiger partial charge in [-0.3, -0.25) is 0 Å². The van der Waals surface area contributed by atoms with Crippen molar-refractivity contribution < 1.29 is 9.47 Å². The minimum atomic E-state index is 0.688. The molecule has 0 aliphatic carbocycles. The number of hydrogen-bond donors (Lipinski definition) is 0. The minimum absolute atomic E-state index is 0.688. The molecule has 0 aliphatic heterocycles. The molecule has 0 spiro atoms. The van der Waals surface area contributed by atoms with Crippen LogP contribution >= 0.6 is 0 Å². The van der Waals surface area contributed by atoms with E-state index in [1.165, 1.54) is 0 Å². The van der Waals surface area contributed by atoms with Gasteiger partial charge in [0.05, 0.1) is 6.61 Å². The van der Waals surface area contributed by atoms with Crippen molar-refractivity contribution in [1.82, 2.24) is 0 Å². The summed E-state index contributed by atoms with van der Waals surface area (Å²) >= 11 is 0. The zero-order chi connectivity index (χ0) is 16.5. The van der Waals surface area contributed by atoms with Crippen molar-refractivity contribution in [2.24, 2.45) is 0 Å². The maximum absolute atomic E-state index is 5.01. The van der Waals surface area contributed by atoms with E-state index in [0.717, 1.165) is 13.0 Å². The molecule has 0 bridgehead atoms. The summed E-state index contributed by atoms with van der Waals surface area (Å²) in [6.45, 7) is 15.1. The average Bonchev–Trinajstić information content (AvgIpc) is 2.55. The Morgan fingerprint density at radius 1 is 0.850 bits per heavy atom. The molecule has 120 valence electrons. The van der Waals surface area contributed by atoms with Gasteiger partial charge in [-0.1, -0.05) is 77.1 Å². The van der Waals surface area contributed by atoms with Gasteiger partial charge in [0, 0.05) is 20.8 Å². The molecule has 0 amide bonds. The van der Waals surface area contributed by atoms with Gasteiger partial charge in [0.1, 0.15) is 0 Å². The lowest BCUT2D eigenvalue weighted by atomic mass is 10.4. The van der Waals surface area contributed by atoms with Crippen molar-refractivity contribution in [3.63, 3.8) is 0 Å². The fraction of sp³-hybridized carbons (Fsp3) is 0.556. The highest BCUT2D eigenvalue weighted by Crippen LogP contribution is 1.80. The highest BCUT2D eigenvalue weighted by atomic mass is 16.5. The minimum Gasteiger partial charge on any atom is -0.388 e. The summed E-state index contributed by atoms with van der Waals surface area (Å²) in [6, 6.07) is 12.0. The third-order valence-corrected chi connectivity index (χ3v) is 1.25. The lowest BCUT2D eigenvalue weighted by Gasteiger charge is -1.92. The zero-order valence-electron chi connectivity index (χ0n) is 14.7. The summed E-state index contributed by atoms with van der Waals surface area (Å²) < 4.78 is 9.26. The van der Waals surface area contributed by atoms with Gasteiger partial charge in [-0.25, -0.2) is 0 Å². The largest absolute Gasteiger partial charge is 0.388 e. The number of methoxy groups -OCH3 is 1. The van der Waals surface area contributed by atoms with Crippen molar-refractivity contribution in [2.45, 2.75) is 41.0 Å². The first kappa shape index (κ1) is 27.3. The first-order valence-electron chi connectivity index (χ1n) is 7.42. The molecule has 0 fully saturated rings. The van der Waals surface area contributed by atoms with Crippen molar-refractivity contribution in [3.05, 3.63) is 49.1 Å². The van der Waals surface area contributed by atoms with Crippen LogP contribution in [0.5, 0.6) is 0 Å². The van der Waals surface area contributed by atoms with E-state index in [2.05, 4.69) is 18.2 Å². The molecule has 0 aromatic heterocycles. The van der Waals surface area contributed by atoms with Gasteiger partial charge in [-0.15, -0.1) is 6.58 Å². The molecule has 0 atom stereocenters. The van der Waals surface area contributed by atoms with Crippen LogP contribution < -0.4 is 0 Å². The summed E-state index contributed by atoms with van der Waals surface area (Å²) in [5.74, 6) is 0. The van der Waals surface area contributed by atoms with E-state index >= 15 is 0 Å². The quantitative estimate of drug-likeness (QED) is 0.529. The molecule has 20 heavy (non-hydrogen) atoms. The fourth-order valence-electron chi connectivity index (χ4n) is 0.696. The molecule has 1 aromatic carbocycles. The Kier molecular flexibility index (Phi) is 58.7. The topological polar surface area (TPSA) is 18.5 Å². The van der Waals surface area contributed by atoms with Crippen LogP contribution in [0.2, 0.25) is 0 Å². The second kappa shape index (κ2) is 43.0. The Labute approximate surface area is 127 Å². The van der Waals surface area contributed by atoms with Gasteiger partial charge >= 0.3 is 0 Å². The maximum atomic E-state index is 5.01. The average molecular weight is 284 g/mol. The second-order valence-corrected chi connectivity index (χ2v) is 2.93. The van der Waals surface area contributed by atoms with Crippen LogP contribution in [0, 0.1) is 0 Å². The normalized spacial score (nSPS) is 6.95. The van der Waals surface area contributed by atoms with Crippen LogP contribution in [0.25, 0.3) is 0 Å². The van der Waals surface area contributed by atoms with Crippen molar-refractivity contribution in [3.8, 4) is 0 Å². The summed E-state index contributed by atoms with van der Waals surface area (Å²) in [4.78, 5) is 0. The Balaban J connectivity index is -0.0000000895. The Bertz CT molecular complexity index is 171. The summed E-state index contributed by atoms with van der Waals surface area (Å²) in [6.07, 6.45) is 2.85. The highest BCUT2D eigenvalue weighted by Gasteiger charge is 1.74. The molecule has 0 saturated heterocycles. The van der Waals surface area contributed by atoms with E-state index in [9.17, 15) is 0 Å². The van der Waals surface area contributed by atoms with Crippen LogP contribution in [0.4, 0.5) is 0 Å². The molecule has 0 heterocycles. The van der Waals surface area contributed by atoms with Crippen LogP contribution in [0.15, 0.2) is 49.1 Å². The summed E-state index contributed by atoms with van der Waals surface area (Å²) in [5, 5.41) is 0. The van der Waals surface area contributed by atoms with Crippen molar-refractivity contribution in [2.75, 3.05) is 27.4 Å². The molecule has 0 radical (unpaired) electrons. The molecule has 2 heteroatoms. The molecule has 0 saturated carbocycles. The standard InChI is InChI=1S/C6H12O.C6H6.C2H6O.2C2H6/c1-3-5-7-6-4-2;1-2-4-6-5-3-1;1-3-2;2*1-2/h3H,1,4-6H2,2H3;1-6H;1-2H3;2*1-2H3. The van der Waals surface area contributed by atoms with E-state index in [1.54, 1.807) is 20.3 Å². The van der Waals surface area contributed by atoms with Crippen LogP contribution in [-0.2, 0) is 9.47 Å². The maximum Gasteiger partial charge on any atom is 0.0644 e. The SMILES string of the molecule is C=CCOCCC.CC.CC.COC.c1ccccc1. The third kappa shape index (κ3) is 54.0. The van der Waals surface area contributed by atoms with E-state index in [0.29, 0.717) is 6.61 Å². The zero-order valence-corrected chi connectivity index (χ0v) is 14.7. The first-order chi connectivity index (χ1) is 9.83. The predicted molar refractivity (Wildman–Crippen MR) is 93.4 cm³/mol. The van der Waals surface area contributed by atoms with Gasteiger partial charge in [0.25, 0.3) is 0 Å². The summed E-state index contributed by atoms with van der Waals surface area (Å²) in [7, 11) is 3.25. The molecule has 2 nitrogen and oxygen atoms in total. The van der Waals surface area contributed by atoms with Crippen LogP contribution in [0.1, 0.15) is 41.0 Å². The fourth-order valence-corrected chi connectivity index (χ4v) is 0.696. The van der Waals surface area contributed by atoms with Crippen molar-refractivity contribution >= 4 is 0 Å². The smallest absolute Gasteiger partial charge is 0.0644 e. The second-order valence-electron chi connectivity index (χ2n) is 2.93. The summed E-state index contributed by atoms with van der Waals surface area (Å²) in [5.41, 5.74) is 0. The van der Waals surface area contributed by atoms with E-state index in [-0.39, 0.29) is 0 Å². The van der Waals surface area contributed by atoms with Gasteiger partial charge in [-0.05, 0) is 6.42 Å². The monoisotopic (exact) mass is 284 g/mol. The molecule has 0 N–H and O–H groups in total. The molecule has 0 aliphatic rings. The lowest BCUT2D eigenvalue weighted by molar-refractivity contribution is 0.163. The lowest BCUT2D eigenvalue weighted by Crippen LogP contribution is -1.90. The number of rotatable bonds is 4. The van der Waals surface area contributed by atoms with Gasteiger partial charge < -0.3 is 9.47 Å². The van der Waals surface area contributed by atoms with Crippen molar-refractivity contribution in [1.29, 1.82) is 0 Å². The Morgan fingerprint density at radius 3 is 1.35 bits per heavy atom. The molecular weight excluding hydrogens is 248 g/mol. The molecule has 1 rings (SSSR count). The molecule has 1 aromatic rings. The predicted octanol–water partition coefficient (Wildman–Crippen LogP) is 5.60. The highest BCUT2D eigenvalue weighted by molar-refractivity contribution is 4.99. The number of ether oxygens (including phenoxy) is 2. The van der Waals surface area contributed by atoms with E-state index < -0.39 is 0 Å². The van der Waals surface area contributed by atoms with Gasteiger partial charge in [0.15, 0.2) is 0 Å². The van der Waals surface area contributed by atoms with Gasteiger partial charge in [-0.2, -0.15) is 0 Å². The Morgan fingerprint density at radius 2 is 1.15 bits per heavy atom. The molecule has 0 unspecified atom stereocenters. The molecular formula is C18H36O2. The van der Waals surface area contributed by atoms with Crippen LogP contribution in [-0.4, -0.2) is 27.4 Å². The number of hydrogen-bond acceptors (Lipinski definition) is 2. The third-order valence-electron chi connectivity index (χ3n) is 1.25. The van der Waals surface area contributed by atoms with Crippen LogP contribution in [0.3, 0.4) is 0 Å². The Hall–Kier alpha value is -1.12. The van der Waals surface area contributed by atoms with E-state index in [1.807, 2.05) is 64.1 Å². The van der Waals surface area contributed by atoms with E-state index in [4.69, 9.17) is 4.74 Å².